The fourth-order valence-corrected chi connectivity index (χ4v) is 5.98. The first-order valence-electron chi connectivity index (χ1n) is 8.75. The summed E-state index contributed by atoms with van der Waals surface area (Å²) in [6.07, 6.45) is 7.67. The van der Waals surface area contributed by atoms with Crippen molar-refractivity contribution < 1.29 is 14.7 Å². The zero-order chi connectivity index (χ0) is 15.5. The Labute approximate surface area is 131 Å². The number of aliphatic carboxylic acids is 1. The highest BCUT2D eigenvalue weighted by molar-refractivity contribution is 5.77. The van der Waals surface area contributed by atoms with Gasteiger partial charge in [-0.15, -0.1) is 0 Å². The first-order chi connectivity index (χ1) is 10.5. The molecule has 1 aliphatic heterocycles. The molecule has 2 saturated carbocycles. The topological polar surface area (TPSA) is 66.4 Å². The highest BCUT2D eigenvalue weighted by atomic mass is 16.4. The molecule has 0 aromatic heterocycles. The summed E-state index contributed by atoms with van der Waals surface area (Å²) in [4.78, 5) is 23.3. The number of piperidine rings is 1. The molecule has 4 rings (SSSR count). The number of carbonyl (C=O) groups excluding carboxylic acids is 1. The number of rotatable bonds is 1. The zero-order valence-corrected chi connectivity index (χ0v) is 13.2. The van der Waals surface area contributed by atoms with Crippen molar-refractivity contribution in [1.82, 2.24) is 5.32 Å². The molecule has 120 valence electrons. The Balaban J connectivity index is 1.68. The molecule has 1 heterocycles. The molecule has 4 aliphatic rings. The number of carbonyl (C=O) groups is 2. The van der Waals surface area contributed by atoms with E-state index in [9.17, 15) is 14.7 Å². The Morgan fingerprint density at radius 3 is 2.77 bits per heavy atom. The van der Waals surface area contributed by atoms with E-state index in [1.165, 1.54) is 5.57 Å². The van der Waals surface area contributed by atoms with Crippen molar-refractivity contribution in [2.45, 2.75) is 64.3 Å². The van der Waals surface area contributed by atoms with E-state index in [1.807, 2.05) is 0 Å². The number of fused-ring (bicyclic) bond motifs is 4. The van der Waals surface area contributed by atoms with Crippen molar-refractivity contribution in [1.29, 1.82) is 0 Å². The molecule has 3 aliphatic carbocycles. The van der Waals surface area contributed by atoms with E-state index in [0.29, 0.717) is 24.3 Å². The van der Waals surface area contributed by atoms with Crippen molar-refractivity contribution >= 4 is 11.9 Å². The van der Waals surface area contributed by atoms with E-state index >= 15 is 0 Å². The number of allylic oxidation sites excluding steroid dienone is 2. The molecular formula is C18H25NO3. The van der Waals surface area contributed by atoms with Gasteiger partial charge in [-0.25, -0.2) is 0 Å². The number of amides is 1. The van der Waals surface area contributed by atoms with Gasteiger partial charge in [-0.1, -0.05) is 18.1 Å². The monoisotopic (exact) mass is 303 g/mol. The molecular weight excluding hydrogens is 278 g/mol. The van der Waals surface area contributed by atoms with Crippen LogP contribution in [0.2, 0.25) is 0 Å². The summed E-state index contributed by atoms with van der Waals surface area (Å²) in [5, 5.41) is 12.8. The van der Waals surface area contributed by atoms with Crippen LogP contribution in [0.3, 0.4) is 0 Å². The van der Waals surface area contributed by atoms with Crippen LogP contribution in [0.5, 0.6) is 0 Å². The summed E-state index contributed by atoms with van der Waals surface area (Å²) in [5.74, 6) is 0.581. The SMILES string of the molecule is C[C@]12CCC3C(=C1CC[C@@H]2C(=O)O)CC[C@H]1NC(=O)CCC31. The van der Waals surface area contributed by atoms with E-state index < -0.39 is 5.97 Å². The van der Waals surface area contributed by atoms with Crippen LogP contribution >= 0.6 is 0 Å². The van der Waals surface area contributed by atoms with E-state index in [0.717, 1.165) is 44.9 Å². The lowest BCUT2D eigenvalue weighted by Gasteiger charge is -2.49. The van der Waals surface area contributed by atoms with Gasteiger partial charge in [0, 0.05) is 17.9 Å². The first kappa shape index (κ1) is 14.3. The Morgan fingerprint density at radius 1 is 1.18 bits per heavy atom. The van der Waals surface area contributed by atoms with Gasteiger partial charge in [0.25, 0.3) is 0 Å². The smallest absolute Gasteiger partial charge is 0.307 e. The second-order valence-corrected chi connectivity index (χ2v) is 7.91. The molecule has 4 heteroatoms. The van der Waals surface area contributed by atoms with Crippen LogP contribution in [0.25, 0.3) is 0 Å². The van der Waals surface area contributed by atoms with Crippen molar-refractivity contribution in [3.05, 3.63) is 11.1 Å². The molecule has 0 aromatic carbocycles. The number of carboxylic acid groups (broad SMARTS) is 1. The summed E-state index contributed by atoms with van der Waals surface area (Å²) in [6, 6.07) is 0.358. The minimum atomic E-state index is -0.616. The average molecular weight is 303 g/mol. The minimum absolute atomic E-state index is 0.109. The highest BCUT2D eigenvalue weighted by Crippen LogP contribution is 2.59. The maximum atomic E-state index is 11.6. The maximum absolute atomic E-state index is 11.6. The van der Waals surface area contributed by atoms with E-state index in [4.69, 9.17) is 0 Å². The second kappa shape index (κ2) is 4.84. The van der Waals surface area contributed by atoms with Gasteiger partial charge in [-0.05, 0) is 56.8 Å². The Kier molecular flexibility index (Phi) is 3.14. The van der Waals surface area contributed by atoms with Crippen LogP contribution in [0.1, 0.15) is 58.3 Å². The molecule has 4 nitrogen and oxygen atoms in total. The molecule has 3 fully saturated rings. The molecule has 5 atom stereocenters. The molecule has 0 aromatic rings. The van der Waals surface area contributed by atoms with Crippen molar-refractivity contribution in [2.75, 3.05) is 0 Å². The minimum Gasteiger partial charge on any atom is -0.481 e. The Hall–Kier alpha value is -1.32. The summed E-state index contributed by atoms with van der Waals surface area (Å²) >= 11 is 0. The van der Waals surface area contributed by atoms with Gasteiger partial charge >= 0.3 is 5.97 Å². The number of carboxylic acids is 1. The first-order valence-corrected chi connectivity index (χ1v) is 8.75. The van der Waals surface area contributed by atoms with Crippen LogP contribution in [0, 0.1) is 23.2 Å². The maximum Gasteiger partial charge on any atom is 0.307 e. The normalized spacial score (nSPS) is 44.0. The fraction of sp³-hybridized carbons (Fsp3) is 0.778. The lowest BCUT2D eigenvalue weighted by atomic mass is 9.58. The predicted octanol–water partition coefficient (Wildman–Crippen LogP) is 2.88. The van der Waals surface area contributed by atoms with Gasteiger partial charge in [-0.3, -0.25) is 9.59 Å². The second-order valence-electron chi connectivity index (χ2n) is 7.91. The van der Waals surface area contributed by atoms with E-state index in [2.05, 4.69) is 12.2 Å². The lowest BCUT2D eigenvalue weighted by Crippen LogP contribution is -2.51. The van der Waals surface area contributed by atoms with Gasteiger partial charge in [0.05, 0.1) is 5.92 Å². The van der Waals surface area contributed by atoms with Gasteiger partial charge < -0.3 is 10.4 Å². The van der Waals surface area contributed by atoms with Crippen LogP contribution in [-0.2, 0) is 9.59 Å². The molecule has 0 bridgehead atoms. The van der Waals surface area contributed by atoms with Crippen molar-refractivity contribution in [3.63, 3.8) is 0 Å². The van der Waals surface area contributed by atoms with Crippen LogP contribution in [-0.4, -0.2) is 23.0 Å². The molecule has 22 heavy (non-hydrogen) atoms. The molecule has 2 unspecified atom stereocenters. The van der Waals surface area contributed by atoms with Crippen molar-refractivity contribution in [3.8, 4) is 0 Å². The number of nitrogens with one attached hydrogen (secondary N) is 1. The lowest BCUT2D eigenvalue weighted by molar-refractivity contribution is -0.145. The largest absolute Gasteiger partial charge is 0.481 e. The number of hydrogen-bond donors (Lipinski definition) is 2. The van der Waals surface area contributed by atoms with Crippen LogP contribution in [0.15, 0.2) is 11.1 Å². The quantitative estimate of drug-likeness (QED) is 0.732. The Bertz CT molecular complexity index is 567. The van der Waals surface area contributed by atoms with Gasteiger partial charge in [0.15, 0.2) is 0 Å². The zero-order valence-electron chi connectivity index (χ0n) is 13.2. The van der Waals surface area contributed by atoms with E-state index in [-0.39, 0.29) is 17.2 Å². The third-order valence-corrected chi connectivity index (χ3v) is 7.06. The van der Waals surface area contributed by atoms with Gasteiger partial charge in [-0.2, -0.15) is 0 Å². The molecule has 0 spiro atoms. The standard InChI is InChI=1S/C18H25NO3/c1-18-9-8-10-11(13(18)4-5-14(18)17(21)22)2-6-15-12(10)3-7-16(20)19-15/h10,12,14-15H,2-9H2,1H3,(H,19,20)(H,21,22)/t10?,12?,14-,15-,18+/m1/s1. The van der Waals surface area contributed by atoms with E-state index in [1.54, 1.807) is 5.57 Å². The van der Waals surface area contributed by atoms with Crippen molar-refractivity contribution in [2.24, 2.45) is 23.2 Å². The summed E-state index contributed by atoms with van der Waals surface area (Å²) < 4.78 is 0. The third kappa shape index (κ3) is 1.88. The van der Waals surface area contributed by atoms with Crippen LogP contribution < -0.4 is 5.32 Å². The Morgan fingerprint density at radius 2 is 2.00 bits per heavy atom. The van der Waals surface area contributed by atoms with Gasteiger partial charge in [0.1, 0.15) is 0 Å². The third-order valence-electron chi connectivity index (χ3n) is 7.06. The van der Waals surface area contributed by atoms with Gasteiger partial charge in [0.2, 0.25) is 5.91 Å². The fourth-order valence-electron chi connectivity index (χ4n) is 5.98. The molecule has 2 N–H and O–H groups in total. The molecule has 1 amide bonds. The predicted molar refractivity (Wildman–Crippen MR) is 82.1 cm³/mol. The highest BCUT2D eigenvalue weighted by Gasteiger charge is 2.53. The summed E-state index contributed by atoms with van der Waals surface area (Å²) in [7, 11) is 0. The number of hydrogen-bond acceptors (Lipinski definition) is 2. The van der Waals surface area contributed by atoms with Crippen LogP contribution in [0.4, 0.5) is 0 Å². The average Bonchev–Trinajstić information content (AvgIpc) is 2.84. The summed E-state index contributed by atoms with van der Waals surface area (Å²) in [6.45, 7) is 2.19. The molecule has 0 radical (unpaired) electrons. The summed E-state index contributed by atoms with van der Waals surface area (Å²) in [5.41, 5.74) is 2.95. The molecule has 1 saturated heterocycles.